The van der Waals surface area contributed by atoms with E-state index in [1.807, 2.05) is 13.2 Å². The third-order valence-corrected chi connectivity index (χ3v) is 2.20. The second-order valence-electron chi connectivity index (χ2n) is 2.78. The van der Waals surface area contributed by atoms with E-state index in [0.29, 0.717) is 12.2 Å². The molecular weight excluding hydrogens is 172 g/mol. The first-order chi connectivity index (χ1) is 5.58. The van der Waals surface area contributed by atoms with Gasteiger partial charge in [-0.2, -0.15) is 17.0 Å². The van der Waals surface area contributed by atoms with Crippen molar-refractivity contribution in [2.24, 2.45) is 0 Å². The molecule has 0 radical (unpaired) electrons. The molecule has 68 valence electrons. The number of amides is 1. The van der Waals surface area contributed by atoms with E-state index in [1.54, 1.807) is 6.92 Å². The molecule has 0 heterocycles. The number of thioether (sulfide) groups is 1. The van der Waals surface area contributed by atoms with E-state index in [-0.39, 0.29) is 5.91 Å². The lowest BCUT2D eigenvalue weighted by Gasteiger charge is -2.20. The van der Waals surface area contributed by atoms with E-state index < -0.39 is 5.54 Å². The second kappa shape index (κ2) is 5.04. The van der Waals surface area contributed by atoms with Crippen molar-refractivity contribution in [2.45, 2.75) is 25.8 Å². The number of nitrogens with zero attached hydrogens (tertiary/aromatic N) is 1. The van der Waals surface area contributed by atoms with Crippen LogP contribution in [0.1, 0.15) is 20.3 Å². The Kier molecular flexibility index (Phi) is 4.75. The van der Waals surface area contributed by atoms with Gasteiger partial charge in [-0.15, -0.1) is 0 Å². The fourth-order valence-corrected chi connectivity index (χ4v) is 1.00. The SMILES string of the molecule is CCC(C)(C#N)NC(=O)CSC. The van der Waals surface area contributed by atoms with Gasteiger partial charge in [0, 0.05) is 0 Å². The Balaban J connectivity index is 4.05. The summed E-state index contributed by atoms with van der Waals surface area (Å²) in [4.78, 5) is 11.1. The first-order valence-electron chi connectivity index (χ1n) is 3.79. The van der Waals surface area contributed by atoms with E-state index in [9.17, 15) is 4.79 Å². The summed E-state index contributed by atoms with van der Waals surface area (Å²) in [5.74, 6) is 0.338. The molecule has 0 rings (SSSR count). The largest absolute Gasteiger partial charge is 0.337 e. The fourth-order valence-electron chi connectivity index (χ4n) is 0.670. The highest BCUT2D eigenvalue weighted by atomic mass is 32.2. The Morgan fingerprint density at radius 1 is 1.75 bits per heavy atom. The quantitative estimate of drug-likeness (QED) is 0.716. The normalized spacial score (nSPS) is 14.5. The van der Waals surface area contributed by atoms with Crippen molar-refractivity contribution < 1.29 is 4.79 Å². The van der Waals surface area contributed by atoms with Crippen molar-refractivity contribution in [1.82, 2.24) is 5.32 Å². The molecule has 1 amide bonds. The van der Waals surface area contributed by atoms with Gasteiger partial charge >= 0.3 is 0 Å². The third kappa shape index (κ3) is 3.63. The molecule has 0 bridgehead atoms. The maximum absolute atomic E-state index is 11.1. The predicted molar refractivity (Wildman–Crippen MR) is 50.8 cm³/mol. The summed E-state index contributed by atoms with van der Waals surface area (Å²) in [5.41, 5.74) is -0.702. The average Bonchev–Trinajstić information content (AvgIpc) is 2.05. The van der Waals surface area contributed by atoms with Crippen LogP contribution >= 0.6 is 11.8 Å². The van der Waals surface area contributed by atoms with E-state index in [0.717, 1.165) is 0 Å². The van der Waals surface area contributed by atoms with E-state index in [1.165, 1.54) is 11.8 Å². The first-order valence-corrected chi connectivity index (χ1v) is 5.18. The highest BCUT2D eigenvalue weighted by Crippen LogP contribution is 2.07. The Hall–Kier alpha value is -0.690. The molecule has 3 nitrogen and oxygen atoms in total. The van der Waals surface area contributed by atoms with Crippen LogP contribution in [0.3, 0.4) is 0 Å². The predicted octanol–water partition coefficient (Wildman–Crippen LogP) is 1.16. The van der Waals surface area contributed by atoms with Gasteiger partial charge in [0.1, 0.15) is 5.54 Å². The van der Waals surface area contributed by atoms with Crippen LogP contribution in [0.25, 0.3) is 0 Å². The van der Waals surface area contributed by atoms with Crippen LogP contribution in [0, 0.1) is 11.3 Å². The van der Waals surface area contributed by atoms with E-state index in [2.05, 4.69) is 11.4 Å². The molecule has 1 unspecified atom stereocenters. The van der Waals surface area contributed by atoms with Crippen molar-refractivity contribution in [1.29, 1.82) is 5.26 Å². The summed E-state index contributed by atoms with van der Waals surface area (Å²) in [7, 11) is 0. The Labute approximate surface area is 77.5 Å². The maximum atomic E-state index is 11.1. The molecule has 0 saturated heterocycles. The molecule has 0 saturated carbocycles. The summed E-state index contributed by atoms with van der Waals surface area (Å²) in [6, 6.07) is 2.08. The average molecular weight is 186 g/mol. The number of nitrogens with one attached hydrogen (secondary N) is 1. The van der Waals surface area contributed by atoms with Crippen molar-refractivity contribution in [2.75, 3.05) is 12.0 Å². The van der Waals surface area contributed by atoms with Crippen LogP contribution < -0.4 is 5.32 Å². The molecule has 0 fully saturated rings. The lowest BCUT2D eigenvalue weighted by molar-refractivity contribution is -0.119. The van der Waals surface area contributed by atoms with Gasteiger partial charge in [-0.1, -0.05) is 6.92 Å². The second-order valence-corrected chi connectivity index (χ2v) is 3.64. The highest BCUT2D eigenvalue weighted by Gasteiger charge is 2.22. The number of carbonyl (C=O) groups excluding carboxylic acids is 1. The van der Waals surface area contributed by atoms with Crippen LogP contribution in [-0.4, -0.2) is 23.5 Å². The Morgan fingerprint density at radius 3 is 2.67 bits per heavy atom. The maximum Gasteiger partial charge on any atom is 0.231 e. The topological polar surface area (TPSA) is 52.9 Å². The highest BCUT2D eigenvalue weighted by molar-refractivity contribution is 7.99. The number of rotatable bonds is 4. The molecule has 0 aromatic carbocycles. The third-order valence-electron chi connectivity index (χ3n) is 1.64. The zero-order valence-electron chi connectivity index (χ0n) is 7.68. The minimum Gasteiger partial charge on any atom is -0.337 e. The van der Waals surface area contributed by atoms with Gasteiger partial charge in [-0.3, -0.25) is 4.79 Å². The summed E-state index contributed by atoms with van der Waals surface area (Å²) >= 11 is 1.45. The van der Waals surface area contributed by atoms with Gasteiger partial charge in [0.25, 0.3) is 0 Å². The van der Waals surface area contributed by atoms with Gasteiger partial charge in [-0.05, 0) is 19.6 Å². The standard InChI is InChI=1S/C8H14N2OS/c1-4-8(2,6-9)10-7(11)5-12-3/h4-5H2,1-3H3,(H,10,11). The lowest BCUT2D eigenvalue weighted by Crippen LogP contribution is -2.45. The molecule has 0 aromatic rings. The summed E-state index contributed by atoms with van der Waals surface area (Å²) < 4.78 is 0. The smallest absolute Gasteiger partial charge is 0.231 e. The molecule has 0 aliphatic carbocycles. The molecule has 0 aromatic heterocycles. The minimum absolute atomic E-state index is 0.0756. The van der Waals surface area contributed by atoms with E-state index >= 15 is 0 Å². The Bertz CT molecular complexity index is 200. The molecule has 1 atom stereocenters. The van der Waals surface area contributed by atoms with Gasteiger partial charge < -0.3 is 5.32 Å². The van der Waals surface area contributed by atoms with Crippen LogP contribution in [0.2, 0.25) is 0 Å². The number of hydrogen-bond donors (Lipinski definition) is 1. The summed E-state index contributed by atoms with van der Waals surface area (Å²) in [6.45, 7) is 3.60. The Morgan fingerprint density at radius 2 is 2.33 bits per heavy atom. The van der Waals surface area contributed by atoms with Crippen molar-refractivity contribution in [3.63, 3.8) is 0 Å². The van der Waals surface area contributed by atoms with Crippen LogP contribution in [0.5, 0.6) is 0 Å². The number of hydrogen-bond acceptors (Lipinski definition) is 3. The minimum atomic E-state index is -0.702. The van der Waals surface area contributed by atoms with E-state index in [4.69, 9.17) is 5.26 Å². The monoisotopic (exact) mass is 186 g/mol. The van der Waals surface area contributed by atoms with Gasteiger partial charge in [0.15, 0.2) is 0 Å². The summed E-state index contributed by atoms with van der Waals surface area (Å²) in [6.07, 6.45) is 2.48. The van der Waals surface area contributed by atoms with Crippen molar-refractivity contribution >= 4 is 17.7 Å². The zero-order chi connectivity index (χ0) is 9.61. The van der Waals surface area contributed by atoms with Crippen molar-refractivity contribution in [3.05, 3.63) is 0 Å². The first kappa shape index (κ1) is 11.3. The van der Waals surface area contributed by atoms with Crippen LogP contribution in [0.4, 0.5) is 0 Å². The molecule has 12 heavy (non-hydrogen) atoms. The van der Waals surface area contributed by atoms with Crippen LogP contribution in [-0.2, 0) is 4.79 Å². The molecule has 0 aliphatic rings. The van der Waals surface area contributed by atoms with Crippen molar-refractivity contribution in [3.8, 4) is 6.07 Å². The molecule has 0 spiro atoms. The summed E-state index contributed by atoms with van der Waals surface area (Å²) in [5, 5.41) is 11.4. The fraction of sp³-hybridized carbons (Fsp3) is 0.750. The molecule has 0 aliphatic heterocycles. The number of nitriles is 1. The lowest BCUT2D eigenvalue weighted by atomic mass is 10.0. The van der Waals surface area contributed by atoms with Crippen LogP contribution in [0.15, 0.2) is 0 Å². The molecule has 4 heteroatoms. The van der Waals surface area contributed by atoms with Gasteiger partial charge in [0.2, 0.25) is 5.91 Å². The molecular formula is C8H14N2OS. The zero-order valence-corrected chi connectivity index (χ0v) is 8.49. The van der Waals surface area contributed by atoms with Gasteiger partial charge in [-0.25, -0.2) is 0 Å². The number of carbonyl (C=O) groups is 1. The van der Waals surface area contributed by atoms with Gasteiger partial charge in [0.05, 0.1) is 11.8 Å². The molecule has 1 N–H and O–H groups in total.